The number of fused-ring (bicyclic) bond motifs is 1. The fourth-order valence-corrected chi connectivity index (χ4v) is 5.36. The minimum atomic E-state index is -4.82. The summed E-state index contributed by atoms with van der Waals surface area (Å²) in [5, 5.41) is 12.9. The fourth-order valence-electron chi connectivity index (χ4n) is 5.36. The molecule has 0 aliphatic carbocycles. The van der Waals surface area contributed by atoms with Crippen LogP contribution in [0.3, 0.4) is 0 Å². The molecule has 0 saturated carbocycles. The van der Waals surface area contributed by atoms with Crippen molar-refractivity contribution in [3.05, 3.63) is 95.3 Å². The maximum atomic E-state index is 14.0. The molecule has 3 aromatic carbocycles. The van der Waals surface area contributed by atoms with E-state index in [0.717, 1.165) is 32.8 Å². The molecule has 3 heterocycles. The van der Waals surface area contributed by atoms with Crippen molar-refractivity contribution in [1.82, 2.24) is 34.8 Å². The second kappa shape index (κ2) is 11.5. The number of H-pyrrole nitrogens is 1. The number of amides is 3. The minimum absolute atomic E-state index is 0.00755. The van der Waals surface area contributed by atoms with Crippen molar-refractivity contribution in [2.75, 3.05) is 31.7 Å². The Morgan fingerprint density at radius 2 is 1.80 bits per heavy atom. The molecule has 11 nitrogen and oxygen atoms in total. The third-order valence-electron chi connectivity index (χ3n) is 7.35. The summed E-state index contributed by atoms with van der Waals surface area (Å²) in [6, 6.07) is 20.6. The molecule has 0 atom stereocenters. The second-order valence-electron chi connectivity index (χ2n) is 10.8. The molecule has 4 N–H and O–H groups in total. The van der Waals surface area contributed by atoms with Crippen LogP contribution in [-0.4, -0.2) is 67.3 Å². The quantitative estimate of drug-likeness (QED) is 0.238. The first-order valence-electron chi connectivity index (χ1n) is 13.9. The van der Waals surface area contributed by atoms with Crippen molar-refractivity contribution in [3.8, 4) is 28.2 Å². The number of rotatable bonds is 6. The molecule has 6 rings (SSSR count). The van der Waals surface area contributed by atoms with Crippen molar-refractivity contribution in [2.45, 2.75) is 19.1 Å². The van der Waals surface area contributed by atoms with Crippen molar-refractivity contribution >= 4 is 23.6 Å². The van der Waals surface area contributed by atoms with Gasteiger partial charge in [0, 0.05) is 29.9 Å². The van der Waals surface area contributed by atoms with Crippen molar-refractivity contribution < 1.29 is 22.8 Å². The van der Waals surface area contributed by atoms with Gasteiger partial charge in [-0.3, -0.25) is 14.8 Å². The highest BCUT2D eigenvalue weighted by atomic mass is 19.4. The normalized spacial score (nSPS) is 13.3. The smallest absolute Gasteiger partial charge is 0.366 e. The van der Waals surface area contributed by atoms with Gasteiger partial charge in [-0.1, -0.05) is 48.5 Å². The van der Waals surface area contributed by atoms with E-state index in [-0.39, 0.29) is 41.7 Å². The van der Waals surface area contributed by atoms with E-state index >= 15 is 0 Å². The maximum Gasteiger partial charge on any atom is 0.435 e. The van der Waals surface area contributed by atoms with Gasteiger partial charge in [-0.25, -0.2) is 9.48 Å². The van der Waals surface area contributed by atoms with E-state index in [4.69, 9.17) is 5.73 Å². The number of urea groups is 1. The zero-order valence-electron chi connectivity index (χ0n) is 24.3. The van der Waals surface area contributed by atoms with E-state index in [1.54, 1.807) is 24.3 Å². The number of imide groups is 1. The third kappa shape index (κ3) is 5.87. The molecule has 1 aliphatic rings. The van der Waals surface area contributed by atoms with E-state index in [1.165, 1.54) is 12.1 Å². The lowest BCUT2D eigenvalue weighted by Crippen LogP contribution is -2.45. The van der Waals surface area contributed by atoms with Crippen molar-refractivity contribution in [2.24, 2.45) is 0 Å². The molecule has 14 heteroatoms. The van der Waals surface area contributed by atoms with Gasteiger partial charge in [0.1, 0.15) is 5.69 Å². The van der Waals surface area contributed by atoms with Crippen LogP contribution in [0.15, 0.2) is 72.8 Å². The van der Waals surface area contributed by atoms with E-state index in [1.807, 2.05) is 44.4 Å². The number of nitrogens with two attached hydrogens (primary N) is 1. The molecule has 1 aliphatic heterocycles. The molecule has 0 saturated heterocycles. The molecule has 230 valence electrons. The maximum absolute atomic E-state index is 14.0. The van der Waals surface area contributed by atoms with Crippen molar-refractivity contribution in [3.63, 3.8) is 0 Å². The Labute approximate surface area is 255 Å². The van der Waals surface area contributed by atoms with E-state index in [2.05, 4.69) is 36.6 Å². The van der Waals surface area contributed by atoms with Crippen LogP contribution >= 0.6 is 0 Å². The Balaban J connectivity index is 1.28. The standard InChI is InChI=1S/C31H28F3N9O2/c1-41(2)17-20-6-3-4-9-23(20)18-10-12-21(13-11-18)36-30(45)42-15-14-24-25(28(42)44)43(40-26(24)31(32,33)34)22-8-5-7-19(16-22)27-37-29(35)39-38-27/h3-13,16H,14-15,17H2,1-2H3,(H,36,45)(H3,35,37,38,39). The van der Waals surface area contributed by atoms with Crippen LogP contribution in [0.2, 0.25) is 0 Å². The molecule has 3 amide bonds. The summed E-state index contributed by atoms with van der Waals surface area (Å²) in [7, 11) is 3.98. The molecule has 5 aromatic rings. The van der Waals surface area contributed by atoms with Crippen LogP contribution in [0.25, 0.3) is 28.2 Å². The fraction of sp³-hybridized carbons (Fsp3) is 0.194. The van der Waals surface area contributed by atoms with Crippen LogP contribution in [0.5, 0.6) is 0 Å². The molecule has 45 heavy (non-hydrogen) atoms. The number of aromatic amines is 1. The lowest BCUT2D eigenvalue weighted by Gasteiger charge is -2.26. The lowest BCUT2D eigenvalue weighted by atomic mass is 9.99. The van der Waals surface area contributed by atoms with Gasteiger partial charge in [0.2, 0.25) is 5.95 Å². The van der Waals surface area contributed by atoms with Crippen LogP contribution in [0.1, 0.15) is 27.3 Å². The third-order valence-corrected chi connectivity index (χ3v) is 7.35. The number of nitrogen functional groups attached to an aromatic ring is 1. The van der Waals surface area contributed by atoms with E-state index in [9.17, 15) is 22.8 Å². The highest BCUT2D eigenvalue weighted by Gasteiger charge is 2.44. The Morgan fingerprint density at radius 3 is 2.49 bits per heavy atom. The predicted octanol–water partition coefficient (Wildman–Crippen LogP) is 5.22. The highest BCUT2D eigenvalue weighted by Crippen LogP contribution is 2.37. The molecule has 0 fully saturated rings. The first-order valence-corrected chi connectivity index (χ1v) is 13.9. The molecule has 0 unspecified atom stereocenters. The number of aromatic nitrogens is 5. The molecule has 0 radical (unpaired) electrons. The van der Waals surface area contributed by atoms with Gasteiger partial charge in [-0.2, -0.15) is 23.3 Å². The number of carbonyl (C=O) groups excluding carboxylic acids is 2. The lowest BCUT2D eigenvalue weighted by molar-refractivity contribution is -0.142. The topological polar surface area (TPSA) is 138 Å². The number of carbonyl (C=O) groups is 2. The van der Waals surface area contributed by atoms with Gasteiger partial charge >= 0.3 is 12.2 Å². The van der Waals surface area contributed by atoms with E-state index in [0.29, 0.717) is 11.3 Å². The SMILES string of the molecule is CN(C)Cc1ccccc1-c1ccc(NC(=O)N2CCc3c(C(F)(F)F)nn(-c4cccc(-c5nc(N)n[nH]5)c4)c3C2=O)cc1. The van der Waals surface area contributed by atoms with Crippen LogP contribution in [0.4, 0.5) is 29.6 Å². The number of benzene rings is 3. The first-order chi connectivity index (χ1) is 21.5. The van der Waals surface area contributed by atoms with Gasteiger partial charge in [0.15, 0.2) is 11.5 Å². The highest BCUT2D eigenvalue weighted by molar-refractivity contribution is 6.09. The van der Waals surface area contributed by atoms with Crippen molar-refractivity contribution in [1.29, 1.82) is 0 Å². The number of nitrogens with one attached hydrogen (secondary N) is 2. The number of hydrogen-bond acceptors (Lipinski definition) is 7. The molecular formula is C31H28F3N9O2. The summed E-state index contributed by atoms with van der Waals surface area (Å²) in [6.07, 6.45) is -5.03. The number of nitrogens with zero attached hydrogens (tertiary/aromatic N) is 6. The second-order valence-corrected chi connectivity index (χ2v) is 10.8. The number of alkyl halides is 3. The molecule has 2 aromatic heterocycles. The Bertz CT molecular complexity index is 1900. The summed E-state index contributed by atoms with van der Waals surface area (Å²) in [6.45, 7) is 0.499. The van der Waals surface area contributed by atoms with Crippen LogP contribution < -0.4 is 11.1 Å². The number of anilines is 2. The molecular weight excluding hydrogens is 587 g/mol. The predicted molar refractivity (Wildman–Crippen MR) is 161 cm³/mol. The largest absolute Gasteiger partial charge is 0.435 e. The zero-order chi connectivity index (χ0) is 31.9. The van der Waals surface area contributed by atoms with Gasteiger partial charge in [-0.05, 0) is 61.5 Å². The van der Waals surface area contributed by atoms with Gasteiger partial charge in [0.25, 0.3) is 5.91 Å². The Morgan fingerprint density at radius 1 is 1.04 bits per heavy atom. The monoisotopic (exact) mass is 615 g/mol. The van der Waals surface area contributed by atoms with Gasteiger partial charge in [0.05, 0.1) is 5.69 Å². The molecule has 0 spiro atoms. The molecule has 0 bridgehead atoms. The first kappa shape index (κ1) is 29.6. The summed E-state index contributed by atoms with van der Waals surface area (Å²) in [5.41, 5.74) is 7.99. The summed E-state index contributed by atoms with van der Waals surface area (Å²) >= 11 is 0. The Kier molecular flexibility index (Phi) is 7.58. The average molecular weight is 616 g/mol. The number of halogens is 3. The minimum Gasteiger partial charge on any atom is -0.366 e. The summed E-state index contributed by atoms with van der Waals surface area (Å²) in [5.74, 6) is -0.627. The zero-order valence-corrected chi connectivity index (χ0v) is 24.3. The number of hydrogen-bond donors (Lipinski definition) is 3. The van der Waals surface area contributed by atoms with Crippen LogP contribution in [-0.2, 0) is 19.1 Å². The van der Waals surface area contributed by atoms with Gasteiger partial charge < -0.3 is 16.0 Å². The summed E-state index contributed by atoms with van der Waals surface area (Å²) < 4.78 is 43.1. The Hall–Kier alpha value is -5.50. The summed E-state index contributed by atoms with van der Waals surface area (Å²) in [4.78, 5) is 34.0. The van der Waals surface area contributed by atoms with Gasteiger partial charge in [-0.15, -0.1) is 5.10 Å². The van der Waals surface area contributed by atoms with E-state index < -0.39 is 23.8 Å². The van der Waals surface area contributed by atoms with Crippen LogP contribution in [0, 0.1) is 0 Å². The average Bonchev–Trinajstić information content (AvgIpc) is 3.62.